The summed E-state index contributed by atoms with van der Waals surface area (Å²) in [6.07, 6.45) is 1.38. The van der Waals surface area contributed by atoms with Gasteiger partial charge in [-0.25, -0.2) is 8.42 Å². The van der Waals surface area contributed by atoms with E-state index in [9.17, 15) is 18.0 Å². The average Bonchev–Trinajstić information content (AvgIpc) is 2.89. The van der Waals surface area contributed by atoms with Gasteiger partial charge in [0.1, 0.15) is 12.6 Å². The lowest BCUT2D eigenvalue weighted by molar-refractivity contribution is -0.140. The van der Waals surface area contributed by atoms with Crippen LogP contribution in [0.5, 0.6) is 0 Å². The zero-order valence-corrected chi connectivity index (χ0v) is 24.2. The van der Waals surface area contributed by atoms with E-state index in [1.165, 1.54) is 4.90 Å². The second-order valence-electron chi connectivity index (χ2n) is 10.7. The Morgan fingerprint density at radius 3 is 1.87 bits per heavy atom. The third-order valence-electron chi connectivity index (χ3n) is 6.52. The highest BCUT2D eigenvalue weighted by atomic mass is 32.2. The number of carbonyl (C=O) groups excluding carboxylic acids is 2. The number of amides is 2. The lowest BCUT2D eigenvalue weighted by Gasteiger charge is -2.33. The molecule has 0 aromatic heterocycles. The van der Waals surface area contributed by atoms with E-state index in [1.54, 1.807) is 12.1 Å². The molecule has 3 aromatic carbocycles. The highest BCUT2D eigenvalue weighted by Gasteiger charge is 2.33. The van der Waals surface area contributed by atoms with Crippen LogP contribution in [-0.4, -0.2) is 50.5 Å². The quantitative estimate of drug-likeness (QED) is 0.381. The molecule has 39 heavy (non-hydrogen) atoms. The van der Waals surface area contributed by atoms with E-state index < -0.39 is 28.5 Å². The summed E-state index contributed by atoms with van der Waals surface area (Å²) < 4.78 is 26.9. The summed E-state index contributed by atoms with van der Waals surface area (Å²) in [7, 11) is -3.80. The number of hydrogen-bond acceptors (Lipinski definition) is 4. The molecule has 3 rings (SSSR count). The minimum Gasteiger partial charge on any atom is -0.355 e. The molecule has 0 aliphatic carbocycles. The van der Waals surface area contributed by atoms with E-state index >= 15 is 0 Å². The van der Waals surface area contributed by atoms with Crippen molar-refractivity contribution in [1.29, 1.82) is 0 Å². The summed E-state index contributed by atoms with van der Waals surface area (Å²) in [6, 6.07) is 25.3. The van der Waals surface area contributed by atoms with Crippen LogP contribution in [0.1, 0.15) is 44.4 Å². The largest absolute Gasteiger partial charge is 0.355 e. The summed E-state index contributed by atoms with van der Waals surface area (Å²) in [5.41, 5.74) is 3.09. The molecule has 0 heterocycles. The molecule has 1 atom stereocenters. The molecule has 0 aliphatic rings. The fourth-order valence-corrected chi connectivity index (χ4v) is 5.22. The van der Waals surface area contributed by atoms with Crippen molar-refractivity contribution < 1.29 is 18.0 Å². The molecule has 0 saturated heterocycles. The molecule has 1 N–H and O–H groups in total. The van der Waals surface area contributed by atoms with E-state index in [2.05, 4.69) is 26.1 Å². The van der Waals surface area contributed by atoms with Crippen molar-refractivity contribution in [2.75, 3.05) is 23.7 Å². The van der Waals surface area contributed by atoms with Gasteiger partial charge in [0.05, 0.1) is 11.9 Å². The number of nitrogens with zero attached hydrogens (tertiary/aromatic N) is 2. The SMILES string of the molecule is CCNC(=O)[C@H](Cc1ccccc1)N(Cc1ccccc1)C(=O)CN(c1ccc(C(C)(C)C)cc1)S(C)(=O)=O. The Labute approximate surface area is 232 Å². The smallest absolute Gasteiger partial charge is 0.244 e. The van der Waals surface area contributed by atoms with Crippen molar-refractivity contribution in [2.45, 2.75) is 52.1 Å². The van der Waals surface area contributed by atoms with Crippen molar-refractivity contribution in [3.8, 4) is 0 Å². The molecule has 0 fully saturated rings. The number of rotatable bonds is 11. The Morgan fingerprint density at radius 1 is 0.846 bits per heavy atom. The number of anilines is 1. The van der Waals surface area contributed by atoms with Crippen LogP contribution in [-0.2, 0) is 38.0 Å². The molecule has 8 heteroatoms. The topological polar surface area (TPSA) is 86.8 Å². The molecule has 2 amide bonds. The van der Waals surface area contributed by atoms with E-state index in [0.29, 0.717) is 18.7 Å². The Balaban J connectivity index is 2.01. The number of carbonyl (C=O) groups is 2. The first kappa shape index (κ1) is 29.9. The molecule has 208 valence electrons. The molecule has 0 spiro atoms. The number of nitrogens with one attached hydrogen (secondary N) is 1. The molecule has 3 aromatic rings. The first-order valence-corrected chi connectivity index (χ1v) is 15.0. The first-order chi connectivity index (χ1) is 18.4. The lowest BCUT2D eigenvalue weighted by atomic mass is 9.87. The zero-order chi connectivity index (χ0) is 28.6. The van der Waals surface area contributed by atoms with Gasteiger partial charge in [-0.1, -0.05) is 93.6 Å². The normalized spacial score (nSPS) is 12.4. The maximum Gasteiger partial charge on any atom is 0.244 e. The van der Waals surface area contributed by atoms with Gasteiger partial charge in [-0.15, -0.1) is 0 Å². The van der Waals surface area contributed by atoms with E-state index in [0.717, 1.165) is 27.3 Å². The first-order valence-electron chi connectivity index (χ1n) is 13.1. The Morgan fingerprint density at radius 2 is 1.38 bits per heavy atom. The molecule has 0 unspecified atom stereocenters. The molecule has 0 bridgehead atoms. The summed E-state index contributed by atoms with van der Waals surface area (Å²) in [5, 5.41) is 2.86. The standard InChI is InChI=1S/C31H39N3O4S/c1-6-32-30(36)28(21-24-13-9-7-10-14-24)33(22-25-15-11-8-12-16-25)29(35)23-34(39(5,37)38)27-19-17-26(18-20-27)31(2,3)4/h7-20,28H,6,21-23H2,1-5H3,(H,32,36)/t28-/m0/s1. The van der Waals surface area contributed by atoms with Crippen LogP contribution < -0.4 is 9.62 Å². The average molecular weight is 550 g/mol. The summed E-state index contributed by atoms with van der Waals surface area (Å²) >= 11 is 0. The molecule has 0 radical (unpaired) electrons. The minimum absolute atomic E-state index is 0.103. The van der Waals surface area contributed by atoms with Gasteiger partial charge in [-0.05, 0) is 41.2 Å². The Hall–Kier alpha value is -3.65. The van der Waals surface area contributed by atoms with Gasteiger partial charge in [0, 0.05) is 19.5 Å². The fraction of sp³-hybridized carbons (Fsp3) is 0.355. The molecule has 0 aliphatic heterocycles. The zero-order valence-electron chi connectivity index (χ0n) is 23.4. The number of hydrogen-bond donors (Lipinski definition) is 1. The number of likely N-dealkylation sites (N-methyl/N-ethyl adjacent to an activating group) is 1. The lowest BCUT2D eigenvalue weighted by Crippen LogP contribution is -2.53. The van der Waals surface area contributed by atoms with Crippen molar-refractivity contribution in [1.82, 2.24) is 10.2 Å². The highest BCUT2D eigenvalue weighted by molar-refractivity contribution is 7.92. The fourth-order valence-electron chi connectivity index (χ4n) is 4.37. The maximum absolute atomic E-state index is 14.0. The maximum atomic E-state index is 14.0. The van der Waals surface area contributed by atoms with Crippen molar-refractivity contribution >= 4 is 27.5 Å². The van der Waals surface area contributed by atoms with Crippen molar-refractivity contribution in [3.63, 3.8) is 0 Å². The van der Waals surface area contributed by atoms with Crippen LogP contribution in [0.2, 0.25) is 0 Å². The highest BCUT2D eigenvalue weighted by Crippen LogP contribution is 2.26. The third kappa shape index (κ3) is 8.42. The van der Waals surface area contributed by atoms with Crippen LogP contribution in [0.4, 0.5) is 5.69 Å². The van der Waals surface area contributed by atoms with Crippen LogP contribution in [0, 0.1) is 0 Å². The summed E-state index contributed by atoms with van der Waals surface area (Å²) in [6.45, 7) is 8.21. The van der Waals surface area contributed by atoms with E-state index in [4.69, 9.17) is 0 Å². The third-order valence-corrected chi connectivity index (χ3v) is 7.66. The monoisotopic (exact) mass is 549 g/mol. The van der Waals surface area contributed by atoms with Crippen molar-refractivity contribution in [3.05, 3.63) is 102 Å². The molecule has 7 nitrogen and oxygen atoms in total. The van der Waals surface area contributed by atoms with Gasteiger partial charge < -0.3 is 10.2 Å². The van der Waals surface area contributed by atoms with Gasteiger partial charge in [0.2, 0.25) is 21.8 Å². The Bertz CT molecular complexity index is 1340. The van der Waals surface area contributed by atoms with Gasteiger partial charge >= 0.3 is 0 Å². The minimum atomic E-state index is -3.80. The second-order valence-corrected chi connectivity index (χ2v) is 12.6. The summed E-state index contributed by atoms with van der Waals surface area (Å²) in [4.78, 5) is 28.8. The van der Waals surface area contributed by atoms with Crippen molar-refractivity contribution in [2.24, 2.45) is 0 Å². The molecular formula is C31H39N3O4S. The summed E-state index contributed by atoms with van der Waals surface area (Å²) in [5.74, 6) is -0.748. The van der Waals surface area contributed by atoms with Gasteiger partial charge in [0.25, 0.3) is 0 Å². The van der Waals surface area contributed by atoms with Crippen LogP contribution in [0.25, 0.3) is 0 Å². The van der Waals surface area contributed by atoms with E-state index in [1.807, 2.05) is 79.7 Å². The second kappa shape index (κ2) is 12.9. The van der Waals surface area contributed by atoms with E-state index in [-0.39, 0.29) is 17.9 Å². The molecular weight excluding hydrogens is 510 g/mol. The molecule has 0 saturated carbocycles. The van der Waals surface area contributed by atoms with Gasteiger partial charge in [-0.3, -0.25) is 13.9 Å². The number of benzene rings is 3. The van der Waals surface area contributed by atoms with Crippen LogP contribution >= 0.6 is 0 Å². The van der Waals surface area contributed by atoms with Crippen LogP contribution in [0.3, 0.4) is 0 Å². The van der Waals surface area contributed by atoms with Gasteiger partial charge in [0.15, 0.2) is 0 Å². The Kier molecular flexibility index (Phi) is 9.92. The van der Waals surface area contributed by atoms with Gasteiger partial charge in [-0.2, -0.15) is 0 Å². The van der Waals surface area contributed by atoms with Crippen LogP contribution in [0.15, 0.2) is 84.9 Å². The predicted octanol–water partition coefficient (Wildman–Crippen LogP) is 4.53. The predicted molar refractivity (Wildman–Crippen MR) is 157 cm³/mol. The number of sulfonamides is 1.